The molecule has 1 N–H and O–H groups in total. The average Bonchev–Trinajstić information content (AvgIpc) is 2.47. The third-order valence-electron chi connectivity index (χ3n) is 1.80. The second-order valence-corrected chi connectivity index (χ2v) is 2.97. The van der Waals surface area contributed by atoms with Gasteiger partial charge in [0.05, 0.1) is 12.7 Å². The van der Waals surface area contributed by atoms with Crippen LogP contribution in [-0.4, -0.2) is 22.8 Å². The van der Waals surface area contributed by atoms with Crippen molar-refractivity contribution in [3.63, 3.8) is 0 Å². The van der Waals surface area contributed by atoms with Gasteiger partial charge in [0.2, 0.25) is 0 Å². The molecule has 0 saturated carbocycles. The molecule has 0 fully saturated rings. The van der Waals surface area contributed by atoms with Gasteiger partial charge in [-0.3, -0.25) is 4.68 Å². The summed E-state index contributed by atoms with van der Waals surface area (Å²) in [6.07, 6.45) is 1.17. The predicted octanol–water partition coefficient (Wildman–Crippen LogP) is 1.34. The SMILES string of the molecule is C[C@H](NCC(F)F)c1cnn(C)c1. The van der Waals surface area contributed by atoms with Crippen LogP contribution in [0.5, 0.6) is 0 Å². The first-order valence-electron chi connectivity index (χ1n) is 4.09. The summed E-state index contributed by atoms with van der Waals surface area (Å²) in [5.41, 5.74) is 0.920. The van der Waals surface area contributed by atoms with Crippen LogP contribution in [0.3, 0.4) is 0 Å². The fraction of sp³-hybridized carbons (Fsp3) is 0.625. The average molecular weight is 189 g/mol. The highest BCUT2D eigenvalue weighted by Gasteiger charge is 2.09. The lowest BCUT2D eigenvalue weighted by Crippen LogP contribution is -2.24. The van der Waals surface area contributed by atoms with E-state index in [1.807, 2.05) is 13.1 Å². The molecule has 0 unspecified atom stereocenters. The first-order chi connectivity index (χ1) is 6.09. The summed E-state index contributed by atoms with van der Waals surface area (Å²) in [5.74, 6) is 0. The Morgan fingerprint density at radius 1 is 1.62 bits per heavy atom. The van der Waals surface area contributed by atoms with Crippen molar-refractivity contribution < 1.29 is 8.78 Å². The molecule has 0 bridgehead atoms. The molecule has 0 aromatic carbocycles. The first-order valence-corrected chi connectivity index (χ1v) is 4.09. The molecule has 0 saturated heterocycles. The fourth-order valence-corrected chi connectivity index (χ4v) is 1.05. The van der Waals surface area contributed by atoms with Crippen molar-refractivity contribution >= 4 is 0 Å². The molecular weight excluding hydrogens is 176 g/mol. The minimum absolute atomic E-state index is 0.0808. The molecule has 0 aliphatic heterocycles. The van der Waals surface area contributed by atoms with Crippen molar-refractivity contribution in [2.24, 2.45) is 7.05 Å². The number of hydrogen-bond donors (Lipinski definition) is 1. The maximum atomic E-state index is 11.8. The third-order valence-corrected chi connectivity index (χ3v) is 1.80. The van der Waals surface area contributed by atoms with Crippen LogP contribution in [0.2, 0.25) is 0 Å². The first kappa shape index (κ1) is 10.1. The van der Waals surface area contributed by atoms with Crippen LogP contribution < -0.4 is 5.32 Å². The molecule has 0 amide bonds. The van der Waals surface area contributed by atoms with Crippen LogP contribution in [0.15, 0.2) is 12.4 Å². The van der Waals surface area contributed by atoms with Crippen LogP contribution in [0, 0.1) is 0 Å². The molecule has 1 aromatic heterocycles. The van der Waals surface area contributed by atoms with Gasteiger partial charge in [-0.05, 0) is 6.92 Å². The van der Waals surface area contributed by atoms with E-state index in [2.05, 4.69) is 10.4 Å². The van der Waals surface area contributed by atoms with Gasteiger partial charge in [0.15, 0.2) is 0 Å². The lowest BCUT2D eigenvalue weighted by atomic mass is 10.2. The minimum atomic E-state index is -2.31. The Morgan fingerprint density at radius 3 is 2.77 bits per heavy atom. The van der Waals surface area contributed by atoms with Crippen molar-refractivity contribution in [3.8, 4) is 0 Å². The van der Waals surface area contributed by atoms with Crippen molar-refractivity contribution in [2.75, 3.05) is 6.54 Å². The quantitative estimate of drug-likeness (QED) is 0.774. The lowest BCUT2D eigenvalue weighted by Gasteiger charge is -2.10. The van der Waals surface area contributed by atoms with Gasteiger partial charge in [-0.15, -0.1) is 0 Å². The Hall–Kier alpha value is -0.970. The van der Waals surface area contributed by atoms with Gasteiger partial charge in [0.25, 0.3) is 6.43 Å². The number of hydrogen-bond acceptors (Lipinski definition) is 2. The molecular formula is C8H13F2N3. The van der Waals surface area contributed by atoms with Crippen molar-refractivity contribution in [1.82, 2.24) is 15.1 Å². The van der Waals surface area contributed by atoms with E-state index in [1.54, 1.807) is 17.9 Å². The number of nitrogens with one attached hydrogen (secondary N) is 1. The van der Waals surface area contributed by atoms with Gasteiger partial charge < -0.3 is 5.32 Å². The Bertz CT molecular complexity index is 260. The van der Waals surface area contributed by atoms with Gasteiger partial charge in [0, 0.05) is 24.8 Å². The van der Waals surface area contributed by atoms with Gasteiger partial charge >= 0.3 is 0 Å². The van der Waals surface area contributed by atoms with Gasteiger partial charge in [-0.2, -0.15) is 5.10 Å². The zero-order valence-corrected chi connectivity index (χ0v) is 7.67. The van der Waals surface area contributed by atoms with E-state index in [0.717, 1.165) is 5.56 Å². The largest absolute Gasteiger partial charge is 0.305 e. The molecule has 13 heavy (non-hydrogen) atoms. The van der Waals surface area contributed by atoms with Gasteiger partial charge in [0.1, 0.15) is 0 Å². The molecule has 0 spiro atoms. The van der Waals surface area contributed by atoms with E-state index >= 15 is 0 Å². The molecule has 5 heteroatoms. The van der Waals surface area contributed by atoms with E-state index in [-0.39, 0.29) is 12.6 Å². The zero-order valence-electron chi connectivity index (χ0n) is 7.67. The Morgan fingerprint density at radius 2 is 2.31 bits per heavy atom. The molecule has 0 radical (unpaired) electrons. The van der Waals surface area contributed by atoms with E-state index in [4.69, 9.17) is 0 Å². The second kappa shape index (κ2) is 4.32. The number of halogens is 2. The highest BCUT2D eigenvalue weighted by molar-refractivity contribution is 5.08. The van der Waals surface area contributed by atoms with Crippen LogP contribution in [-0.2, 0) is 7.05 Å². The van der Waals surface area contributed by atoms with Crippen molar-refractivity contribution in [3.05, 3.63) is 18.0 Å². The molecule has 1 rings (SSSR count). The number of aromatic nitrogens is 2. The lowest BCUT2D eigenvalue weighted by molar-refractivity contribution is 0.142. The molecule has 1 heterocycles. The second-order valence-electron chi connectivity index (χ2n) is 2.97. The summed E-state index contributed by atoms with van der Waals surface area (Å²) >= 11 is 0. The molecule has 1 atom stereocenters. The van der Waals surface area contributed by atoms with Crippen LogP contribution in [0.4, 0.5) is 8.78 Å². The Labute approximate surface area is 75.7 Å². The zero-order chi connectivity index (χ0) is 9.84. The smallest absolute Gasteiger partial charge is 0.250 e. The topological polar surface area (TPSA) is 29.9 Å². The molecule has 0 aliphatic rings. The fourth-order valence-electron chi connectivity index (χ4n) is 1.05. The molecule has 3 nitrogen and oxygen atoms in total. The monoisotopic (exact) mass is 189 g/mol. The number of rotatable bonds is 4. The van der Waals surface area contributed by atoms with Gasteiger partial charge in [-0.1, -0.05) is 0 Å². The molecule has 1 aromatic rings. The van der Waals surface area contributed by atoms with Crippen molar-refractivity contribution in [2.45, 2.75) is 19.4 Å². The minimum Gasteiger partial charge on any atom is -0.305 e. The summed E-state index contributed by atoms with van der Waals surface area (Å²) in [6, 6.07) is -0.0808. The van der Waals surface area contributed by atoms with Crippen LogP contribution >= 0.6 is 0 Å². The van der Waals surface area contributed by atoms with Crippen LogP contribution in [0.1, 0.15) is 18.5 Å². The summed E-state index contributed by atoms with van der Waals surface area (Å²) in [5, 5.41) is 6.66. The molecule has 74 valence electrons. The Balaban J connectivity index is 2.44. The molecule has 0 aliphatic carbocycles. The summed E-state index contributed by atoms with van der Waals surface area (Å²) in [7, 11) is 1.79. The highest BCUT2D eigenvalue weighted by Crippen LogP contribution is 2.10. The van der Waals surface area contributed by atoms with E-state index < -0.39 is 6.43 Å². The number of nitrogens with zero attached hydrogens (tertiary/aromatic N) is 2. The van der Waals surface area contributed by atoms with Crippen molar-refractivity contribution in [1.29, 1.82) is 0 Å². The summed E-state index contributed by atoms with van der Waals surface area (Å²) in [4.78, 5) is 0. The number of aryl methyl sites for hydroxylation is 1. The predicted molar refractivity (Wildman–Crippen MR) is 45.6 cm³/mol. The van der Waals surface area contributed by atoms with E-state index in [1.165, 1.54) is 0 Å². The van der Waals surface area contributed by atoms with E-state index in [9.17, 15) is 8.78 Å². The normalized spacial score (nSPS) is 13.6. The van der Waals surface area contributed by atoms with Gasteiger partial charge in [-0.25, -0.2) is 8.78 Å². The standard InChI is InChI=1S/C8H13F2N3/c1-6(11-4-8(9)10)7-3-12-13(2)5-7/h3,5-6,8,11H,4H2,1-2H3/t6-/m0/s1. The van der Waals surface area contributed by atoms with Crippen LogP contribution in [0.25, 0.3) is 0 Å². The Kier molecular flexibility index (Phi) is 3.36. The summed E-state index contributed by atoms with van der Waals surface area (Å²) in [6.45, 7) is 1.55. The van der Waals surface area contributed by atoms with E-state index in [0.29, 0.717) is 0 Å². The maximum absolute atomic E-state index is 11.8. The maximum Gasteiger partial charge on any atom is 0.250 e. The number of alkyl halides is 2. The highest BCUT2D eigenvalue weighted by atomic mass is 19.3. The summed E-state index contributed by atoms with van der Waals surface area (Å²) < 4.78 is 25.3. The third kappa shape index (κ3) is 3.10.